The minimum absolute atomic E-state index is 0.0485. The lowest BCUT2D eigenvalue weighted by Crippen LogP contribution is -2.64. The Labute approximate surface area is 78.9 Å². The van der Waals surface area contributed by atoms with E-state index in [2.05, 4.69) is 32.6 Å². The highest BCUT2D eigenvalue weighted by Crippen LogP contribution is 2.34. The molecule has 0 aromatic rings. The van der Waals surface area contributed by atoms with Crippen LogP contribution in [0.15, 0.2) is 0 Å². The first-order valence-electron chi connectivity index (χ1n) is 4.32. The lowest BCUT2D eigenvalue weighted by atomic mass is 9.87. The second kappa shape index (κ2) is 3.00. The summed E-state index contributed by atoms with van der Waals surface area (Å²) < 4.78 is 0. The maximum absolute atomic E-state index is 11.0. The molecule has 0 aromatic heterocycles. The lowest BCUT2D eigenvalue weighted by Gasteiger charge is -2.52. The molecular formula is C9H16ClNO. The summed E-state index contributed by atoms with van der Waals surface area (Å²) in [5.74, 6) is 0. The second-order valence-corrected chi connectivity index (χ2v) is 4.86. The molecule has 2 atom stereocenters. The van der Waals surface area contributed by atoms with Crippen LogP contribution in [0.3, 0.4) is 0 Å². The Balaban J connectivity index is 2.68. The van der Waals surface area contributed by atoms with E-state index in [-0.39, 0.29) is 16.8 Å². The molecule has 70 valence electrons. The number of carbonyl (C=O) groups excluding carboxylic acids is 1. The summed E-state index contributed by atoms with van der Waals surface area (Å²) in [6.07, 6.45) is 0.902. The Morgan fingerprint density at radius 3 is 2.17 bits per heavy atom. The largest absolute Gasteiger partial charge is 0.285 e. The van der Waals surface area contributed by atoms with Gasteiger partial charge in [0.1, 0.15) is 0 Å². The Hall–Kier alpha value is -0.0800. The quantitative estimate of drug-likeness (QED) is 0.589. The highest BCUT2D eigenvalue weighted by atomic mass is 35.5. The number of hydrogen-bond acceptors (Lipinski definition) is 2. The van der Waals surface area contributed by atoms with Gasteiger partial charge in [-0.15, -0.1) is 0 Å². The molecular weight excluding hydrogens is 174 g/mol. The molecule has 0 bridgehead atoms. The van der Waals surface area contributed by atoms with E-state index in [0.29, 0.717) is 6.04 Å². The number of halogens is 1. The molecule has 2 unspecified atom stereocenters. The first-order chi connectivity index (χ1) is 5.34. The van der Waals surface area contributed by atoms with Gasteiger partial charge in [-0.25, -0.2) is 0 Å². The van der Waals surface area contributed by atoms with Gasteiger partial charge in [0.2, 0.25) is 5.24 Å². The average molecular weight is 190 g/mol. The van der Waals surface area contributed by atoms with Crippen LogP contribution in [-0.4, -0.2) is 27.8 Å². The van der Waals surface area contributed by atoms with Crippen LogP contribution in [0.1, 0.15) is 34.1 Å². The van der Waals surface area contributed by atoms with E-state index in [1.54, 1.807) is 0 Å². The van der Waals surface area contributed by atoms with Crippen molar-refractivity contribution >= 4 is 16.8 Å². The average Bonchev–Trinajstić information content (AvgIpc) is 1.77. The molecule has 1 aliphatic heterocycles. The third kappa shape index (κ3) is 1.64. The molecule has 0 aliphatic carbocycles. The lowest BCUT2D eigenvalue weighted by molar-refractivity contribution is -0.130. The molecule has 1 aliphatic rings. The highest BCUT2D eigenvalue weighted by molar-refractivity contribution is 6.64. The van der Waals surface area contributed by atoms with E-state index in [1.807, 2.05) is 0 Å². The zero-order valence-corrected chi connectivity index (χ0v) is 8.85. The molecule has 1 saturated heterocycles. The van der Waals surface area contributed by atoms with Crippen molar-refractivity contribution in [2.24, 2.45) is 0 Å². The molecule has 1 fully saturated rings. The van der Waals surface area contributed by atoms with Crippen molar-refractivity contribution in [1.29, 1.82) is 0 Å². The van der Waals surface area contributed by atoms with E-state index in [0.717, 1.165) is 6.42 Å². The van der Waals surface area contributed by atoms with Crippen molar-refractivity contribution in [1.82, 2.24) is 4.90 Å². The van der Waals surface area contributed by atoms with Crippen LogP contribution in [0.2, 0.25) is 0 Å². The fourth-order valence-corrected chi connectivity index (χ4v) is 2.24. The van der Waals surface area contributed by atoms with Gasteiger partial charge in [0.05, 0.1) is 6.04 Å². The van der Waals surface area contributed by atoms with Crippen LogP contribution in [0.5, 0.6) is 0 Å². The summed E-state index contributed by atoms with van der Waals surface area (Å²) in [6, 6.07) is 0.430. The van der Waals surface area contributed by atoms with Gasteiger partial charge in [-0.05, 0) is 45.7 Å². The maximum Gasteiger partial charge on any atom is 0.238 e. The fourth-order valence-electron chi connectivity index (χ4n) is 2.05. The zero-order chi connectivity index (χ0) is 9.52. The predicted octanol–water partition coefficient (Wildman–Crippen LogP) is 2.01. The van der Waals surface area contributed by atoms with Crippen LogP contribution in [0, 0.1) is 0 Å². The highest BCUT2D eigenvalue weighted by Gasteiger charge is 2.44. The third-order valence-corrected chi connectivity index (χ3v) is 2.66. The van der Waals surface area contributed by atoms with Crippen molar-refractivity contribution in [2.75, 3.05) is 0 Å². The molecule has 0 aromatic carbocycles. The zero-order valence-electron chi connectivity index (χ0n) is 8.10. The molecule has 0 saturated carbocycles. The van der Waals surface area contributed by atoms with Gasteiger partial charge in [0.15, 0.2) is 0 Å². The van der Waals surface area contributed by atoms with Gasteiger partial charge in [-0.1, -0.05) is 0 Å². The Kier molecular flexibility index (Phi) is 2.50. The summed E-state index contributed by atoms with van der Waals surface area (Å²) in [6.45, 7) is 8.45. The second-order valence-electron chi connectivity index (χ2n) is 4.48. The number of likely N-dealkylation sites (tertiary alicyclic amines) is 1. The van der Waals surface area contributed by atoms with Gasteiger partial charge in [-0.3, -0.25) is 9.69 Å². The van der Waals surface area contributed by atoms with Crippen LogP contribution >= 0.6 is 11.6 Å². The summed E-state index contributed by atoms with van der Waals surface area (Å²) in [5.41, 5.74) is 0.0485. The monoisotopic (exact) mass is 189 g/mol. The summed E-state index contributed by atoms with van der Waals surface area (Å²) in [7, 11) is 0. The van der Waals surface area contributed by atoms with Gasteiger partial charge in [0, 0.05) is 11.6 Å². The number of rotatable bonds is 1. The fraction of sp³-hybridized carbons (Fsp3) is 0.889. The van der Waals surface area contributed by atoms with Crippen LogP contribution in [0.25, 0.3) is 0 Å². The van der Waals surface area contributed by atoms with Crippen molar-refractivity contribution in [2.45, 2.75) is 51.7 Å². The minimum atomic E-state index is -0.219. The molecule has 0 amide bonds. The molecule has 3 heteroatoms. The number of hydrogen-bond donors (Lipinski definition) is 0. The molecule has 0 radical (unpaired) electrons. The summed E-state index contributed by atoms with van der Waals surface area (Å²) >= 11 is 5.47. The number of carbonyl (C=O) groups is 1. The third-order valence-electron chi connectivity index (χ3n) is 2.41. The van der Waals surface area contributed by atoms with Crippen LogP contribution in [0.4, 0.5) is 0 Å². The molecule has 0 N–H and O–H groups in total. The van der Waals surface area contributed by atoms with Crippen molar-refractivity contribution < 1.29 is 4.79 Å². The smallest absolute Gasteiger partial charge is 0.238 e. The van der Waals surface area contributed by atoms with E-state index >= 15 is 0 Å². The van der Waals surface area contributed by atoms with Crippen LogP contribution < -0.4 is 0 Å². The molecule has 1 heterocycles. The normalized spacial score (nSPS) is 31.4. The summed E-state index contributed by atoms with van der Waals surface area (Å²) in [5, 5.41) is -0.219. The van der Waals surface area contributed by atoms with E-state index in [4.69, 9.17) is 11.6 Å². The summed E-state index contributed by atoms with van der Waals surface area (Å²) in [4.78, 5) is 13.1. The Bertz CT molecular complexity index is 197. The van der Waals surface area contributed by atoms with Crippen LogP contribution in [-0.2, 0) is 4.79 Å². The van der Waals surface area contributed by atoms with Gasteiger partial charge < -0.3 is 0 Å². The van der Waals surface area contributed by atoms with E-state index in [9.17, 15) is 4.79 Å². The van der Waals surface area contributed by atoms with Gasteiger partial charge in [-0.2, -0.15) is 0 Å². The number of nitrogens with zero attached hydrogens (tertiary/aromatic N) is 1. The minimum Gasteiger partial charge on any atom is -0.285 e. The predicted molar refractivity (Wildman–Crippen MR) is 50.3 cm³/mol. The maximum atomic E-state index is 11.0. The van der Waals surface area contributed by atoms with Gasteiger partial charge >= 0.3 is 0 Å². The Morgan fingerprint density at radius 1 is 1.50 bits per heavy atom. The SMILES string of the molecule is CC1CC(C(=O)Cl)N1C(C)(C)C. The standard InChI is InChI=1S/C9H16ClNO/c1-6-5-7(8(10)12)11(6)9(2,3)4/h6-7H,5H2,1-4H3. The molecule has 0 spiro atoms. The molecule has 1 rings (SSSR count). The topological polar surface area (TPSA) is 20.3 Å². The van der Waals surface area contributed by atoms with E-state index < -0.39 is 0 Å². The van der Waals surface area contributed by atoms with Crippen molar-refractivity contribution in [3.05, 3.63) is 0 Å². The van der Waals surface area contributed by atoms with Gasteiger partial charge in [0.25, 0.3) is 0 Å². The first kappa shape index (κ1) is 10.0. The Morgan fingerprint density at radius 2 is 2.00 bits per heavy atom. The van der Waals surface area contributed by atoms with Crippen molar-refractivity contribution in [3.8, 4) is 0 Å². The molecule has 2 nitrogen and oxygen atoms in total. The van der Waals surface area contributed by atoms with E-state index in [1.165, 1.54) is 0 Å². The van der Waals surface area contributed by atoms with Crippen molar-refractivity contribution in [3.63, 3.8) is 0 Å². The first-order valence-corrected chi connectivity index (χ1v) is 4.69. The molecule has 12 heavy (non-hydrogen) atoms.